The first kappa shape index (κ1) is 17.0. The smallest absolute Gasteiger partial charge is 0.141 e. The molecular formula is C22H21N3O2. The largest absolute Gasteiger partial charge is 0.497 e. The highest BCUT2D eigenvalue weighted by atomic mass is 16.5. The van der Waals surface area contributed by atoms with Crippen LogP contribution in [0.25, 0.3) is 22.4 Å². The molecule has 136 valence electrons. The molecule has 0 atom stereocenters. The molecule has 5 heteroatoms. The van der Waals surface area contributed by atoms with E-state index >= 15 is 0 Å². The summed E-state index contributed by atoms with van der Waals surface area (Å²) >= 11 is 0. The lowest BCUT2D eigenvalue weighted by Gasteiger charge is -2.11. The van der Waals surface area contributed by atoms with Gasteiger partial charge in [-0.3, -0.25) is 0 Å². The Labute approximate surface area is 158 Å². The SMILES string of the molecule is COc1ccc(OCCn2c(-c3cccc(N)c3)nc3ccccc32)cc1. The van der Waals surface area contributed by atoms with Crippen LogP contribution < -0.4 is 15.2 Å². The second-order valence-electron chi connectivity index (χ2n) is 6.23. The number of fused-ring (bicyclic) bond motifs is 1. The molecule has 0 aliphatic rings. The normalized spacial score (nSPS) is 10.9. The molecule has 27 heavy (non-hydrogen) atoms. The van der Waals surface area contributed by atoms with E-state index in [2.05, 4.69) is 10.6 Å². The summed E-state index contributed by atoms with van der Waals surface area (Å²) in [6, 6.07) is 23.5. The second-order valence-corrected chi connectivity index (χ2v) is 6.23. The number of nitrogens with zero attached hydrogens (tertiary/aromatic N) is 2. The van der Waals surface area contributed by atoms with Crippen molar-refractivity contribution in [2.75, 3.05) is 19.5 Å². The van der Waals surface area contributed by atoms with E-state index in [0.29, 0.717) is 13.2 Å². The Hall–Kier alpha value is -3.47. The third-order valence-electron chi connectivity index (χ3n) is 4.44. The number of methoxy groups -OCH3 is 1. The monoisotopic (exact) mass is 359 g/mol. The summed E-state index contributed by atoms with van der Waals surface area (Å²) in [5, 5.41) is 0. The van der Waals surface area contributed by atoms with Crippen LogP contribution in [0.4, 0.5) is 5.69 Å². The summed E-state index contributed by atoms with van der Waals surface area (Å²) in [6.07, 6.45) is 0. The van der Waals surface area contributed by atoms with Crippen LogP contribution >= 0.6 is 0 Å². The number of hydrogen-bond acceptors (Lipinski definition) is 4. The molecule has 4 aromatic rings. The van der Waals surface area contributed by atoms with Gasteiger partial charge in [-0.2, -0.15) is 0 Å². The molecule has 2 N–H and O–H groups in total. The van der Waals surface area contributed by atoms with Crippen molar-refractivity contribution in [2.24, 2.45) is 0 Å². The van der Waals surface area contributed by atoms with Crippen molar-refractivity contribution in [2.45, 2.75) is 6.54 Å². The van der Waals surface area contributed by atoms with E-state index in [4.69, 9.17) is 20.2 Å². The van der Waals surface area contributed by atoms with Gasteiger partial charge in [0.05, 0.1) is 24.7 Å². The first-order valence-electron chi connectivity index (χ1n) is 8.82. The Morgan fingerprint density at radius 3 is 2.48 bits per heavy atom. The third kappa shape index (κ3) is 3.58. The van der Waals surface area contributed by atoms with E-state index < -0.39 is 0 Å². The number of rotatable bonds is 6. The minimum Gasteiger partial charge on any atom is -0.497 e. The minimum absolute atomic E-state index is 0.530. The van der Waals surface area contributed by atoms with Gasteiger partial charge in [0, 0.05) is 11.3 Å². The zero-order valence-corrected chi connectivity index (χ0v) is 15.1. The zero-order chi connectivity index (χ0) is 18.6. The maximum atomic E-state index is 5.97. The molecule has 0 unspecified atom stereocenters. The molecule has 0 saturated heterocycles. The number of imidazole rings is 1. The predicted molar refractivity (Wildman–Crippen MR) is 108 cm³/mol. The predicted octanol–water partition coefficient (Wildman–Crippen LogP) is 4.37. The van der Waals surface area contributed by atoms with Gasteiger partial charge in [0.1, 0.15) is 23.9 Å². The highest BCUT2D eigenvalue weighted by molar-refractivity contribution is 5.81. The van der Waals surface area contributed by atoms with E-state index in [0.717, 1.165) is 39.6 Å². The Kier molecular flexibility index (Phi) is 4.66. The van der Waals surface area contributed by atoms with Crippen molar-refractivity contribution in [3.63, 3.8) is 0 Å². The summed E-state index contributed by atoms with van der Waals surface area (Å²) in [6.45, 7) is 1.21. The van der Waals surface area contributed by atoms with Crippen LogP contribution in [0.5, 0.6) is 11.5 Å². The van der Waals surface area contributed by atoms with Gasteiger partial charge >= 0.3 is 0 Å². The Balaban J connectivity index is 1.60. The van der Waals surface area contributed by atoms with Crippen molar-refractivity contribution in [1.82, 2.24) is 9.55 Å². The molecule has 0 radical (unpaired) electrons. The third-order valence-corrected chi connectivity index (χ3v) is 4.44. The van der Waals surface area contributed by atoms with E-state index in [1.54, 1.807) is 7.11 Å². The lowest BCUT2D eigenvalue weighted by atomic mass is 10.2. The molecule has 1 heterocycles. The van der Waals surface area contributed by atoms with Crippen LogP contribution in [-0.4, -0.2) is 23.3 Å². The van der Waals surface area contributed by atoms with Gasteiger partial charge in [0.2, 0.25) is 0 Å². The second kappa shape index (κ2) is 7.41. The quantitative estimate of drug-likeness (QED) is 0.519. The number of nitrogens with two attached hydrogens (primary N) is 1. The van der Waals surface area contributed by atoms with Gasteiger partial charge in [0.25, 0.3) is 0 Å². The molecule has 0 amide bonds. The van der Waals surface area contributed by atoms with Gasteiger partial charge in [0.15, 0.2) is 0 Å². The highest BCUT2D eigenvalue weighted by Crippen LogP contribution is 2.26. The molecule has 4 rings (SSSR count). The summed E-state index contributed by atoms with van der Waals surface area (Å²) < 4.78 is 13.3. The van der Waals surface area contributed by atoms with Crippen LogP contribution in [0.2, 0.25) is 0 Å². The molecular weight excluding hydrogens is 338 g/mol. The van der Waals surface area contributed by atoms with E-state index in [-0.39, 0.29) is 0 Å². The Morgan fingerprint density at radius 1 is 0.926 bits per heavy atom. The van der Waals surface area contributed by atoms with Crippen molar-refractivity contribution in [1.29, 1.82) is 0 Å². The van der Waals surface area contributed by atoms with Crippen LogP contribution in [0.3, 0.4) is 0 Å². The number of anilines is 1. The molecule has 0 spiro atoms. The summed E-state index contributed by atoms with van der Waals surface area (Å²) in [7, 11) is 1.65. The summed E-state index contributed by atoms with van der Waals surface area (Å²) in [5.74, 6) is 2.51. The number of benzene rings is 3. The fourth-order valence-electron chi connectivity index (χ4n) is 3.13. The van der Waals surface area contributed by atoms with Gasteiger partial charge in [-0.25, -0.2) is 4.98 Å². The average molecular weight is 359 g/mol. The molecule has 0 fully saturated rings. The highest BCUT2D eigenvalue weighted by Gasteiger charge is 2.12. The van der Waals surface area contributed by atoms with E-state index in [1.165, 1.54) is 0 Å². The lowest BCUT2D eigenvalue weighted by molar-refractivity contribution is 0.300. The lowest BCUT2D eigenvalue weighted by Crippen LogP contribution is -2.09. The average Bonchev–Trinajstić information content (AvgIpc) is 3.07. The number of ether oxygens (including phenoxy) is 2. The summed E-state index contributed by atoms with van der Waals surface area (Å²) in [4.78, 5) is 4.81. The maximum absolute atomic E-state index is 5.97. The number of hydrogen-bond donors (Lipinski definition) is 1. The van der Waals surface area contributed by atoms with Crippen LogP contribution in [0.1, 0.15) is 0 Å². The van der Waals surface area contributed by atoms with E-state index in [1.807, 2.05) is 66.7 Å². The molecule has 1 aromatic heterocycles. The molecule has 3 aromatic carbocycles. The van der Waals surface area contributed by atoms with Gasteiger partial charge in [-0.1, -0.05) is 24.3 Å². The van der Waals surface area contributed by atoms with Crippen LogP contribution in [0, 0.1) is 0 Å². The van der Waals surface area contributed by atoms with Crippen molar-refractivity contribution >= 4 is 16.7 Å². The fraction of sp³-hybridized carbons (Fsp3) is 0.136. The van der Waals surface area contributed by atoms with Crippen LogP contribution in [0.15, 0.2) is 72.8 Å². The van der Waals surface area contributed by atoms with Crippen molar-refractivity contribution in [3.05, 3.63) is 72.8 Å². The number of para-hydroxylation sites is 2. The summed E-state index contributed by atoms with van der Waals surface area (Å²) in [5.41, 5.74) is 9.72. The number of aromatic nitrogens is 2. The minimum atomic E-state index is 0.530. The Morgan fingerprint density at radius 2 is 1.70 bits per heavy atom. The molecule has 0 aliphatic heterocycles. The first-order valence-corrected chi connectivity index (χ1v) is 8.82. The van der Waals surface area contributed by atoms with Gasteiger partial charge < -0.3 is 19.8 Å². The molecule has 0 saturated carbocycles. The van der Waals surface area contributed by atoms with Crippen LogP contribution in [-0.2, 0) is 6.54 Å². The maximum Gasteiger partial charge on any atom is 0.141 e. The van der Waals surface area contributed by atoms with Gasteiger partial charge in [-0.15, -0.1) is 0 Å². The Bertz CT molecular complexity index is 1050. The van der Waals surface area contributed by atoms with Gasteiger partial charge in [-0.05, 0) is 48.5 Å². The molecule has 0 aliphatic carbocycles. The van der Waals surface area contributed by atoms with Crippen molar-refractivity contribution < 1.29 is 9.47 Å². The van der Waals surface area contributed by atoms with E-state index in [9.17, 15) is 0 Å². The fourth-order valence-corrected chi connectivity index (χ4v) is 3.13. The molecule has 0 bridgehead atoms. The zero-order valence-electron chi connectivity index (χ0n) is 15.1. The topological polar surface area (TPSA) is 62.3 Å². The van der Waals surface area contributed by atoms with Crippen molar-refractivity contribution in [3.8, 4) is 22.9 Å². The first-order chi connectivity index (χ1) is 13.2. The molecule has 5 nitrogen and oxygen atoms in total. The number of nitrogen functional groups attached to an aromatic ring is 1. The standard InChI is InChI=1S/C22H21N3O2/c1-26-18-9-11-19(12-10-18)27-14-13-25-21-8-3-2-7-20(21)24-22(25)16-5-4-6-17(23)15-16/h2-12,15H,13-14,23H2,1H3.